The fourth-order valence-electron chi connectivity index (χ4n) is 3.45. The van der Waals surface area contributed by atoms with E-state index in [0.29, 0.717) is 11.3 Å². The maximum Gasteiger partial charge on any atom is 0.339 e. The molecule has 0 fully saturated rings. The van der Waals surface area contributed by atoms with E-state index in [1.165, 1.54) is 5.57 Å². The van der Waals surface area contributed by atoms with E-state index in [0.717, 1.165) is 12.8 Å². The van der Waals surface area contributed by atoms with E-state index in [1.807, 2.05) is 0 Å². The number of ether oxygens (including phenoxy) is 2. The molecule has 0 saturated heterocycles. The second kappa shape index (κ2) is 7.57. The monoisotopic (exact) mass is 326 g/mol. The van der Waals surface area contributed by atoms with Crippen LogP contribution in [-0.4, -0.2) is 19.2 Å². The number of rotatable bonds is 4. The predicted molar refractivity (Wildman–Crippen MR) is 95.9 cm³/mol. The maximum absolute atomic E-state index is 12.5. The highest BCUT2D eigenvalue weighted by Gasteiger charge is 2.39. The van der Waals surface area contributed by atoms with E-state index < -0.39 is 6.10 Å². The van der Waals surface area contributed by atoms with E-state index in [1.54, 1.807) is 38.3 Å². The van der Waals surface area contributed by atoms with Crippen LogP contribution in [0.5, 0.6) is 5.75 Å². The molecule has 0 heterocycles. The van der Waals surface area contributed by atoms with Gasteiger partial charge < -0.3 is 9.47 Å². The summed E-state index contributed by atoms with van der Waals surface area (Å²) in [4.78, 5) is 12.5. The molecule has 2 rings (SSSR count). The molecule has 3 nitrogen and oxygen atoms in total. The summed E-state index contributed by atoms with van der Waals surface area (Å²) in [7, 11) is 1.60. The summed E-state index contributed by atoms with van der Waals surface area (Å²) in [6, 6.07) is 6.94. The average Bonchev–Trinajstić information content (AvgIpc) is 2.54. The van der Waals surface area contributed by atoms with Crippen LogP contribution in [0, 0.1) is 23.2 Å². The zero-order valence-corrected chi connectivity index (χ0v) is 15.2. The van der Waals surface area contributed by atoms with Crippen LogP contribution in [-0.2, 0) is 4.74 Å². The summed E-state index contributed by atoms with van der Waals surface area (Å²) < 4.78 is 10.9. The minimum Gasteiger partial charge on any atom is -0.497 e. The molecule has 0 N–H and O–H groups in total. The summed E-state index contributed by atoms with van der Waals surface area (Å²) in [5.41, 5.74) is 1.81. The minimum atomic E-state index is -0.434. The molecule has 1 aromatic carbocycles. The van der Waals surface area contributed by atoms with Gasteiger partial charge in [0.1, 0.15) is 5.75 Å². The van der Waals surface area contributed by atoms with Crippen LogP contribution in [0.25, 0.3) is 0 Å². The van der Waals surface area contributed by atoms with Crippen molar-refractivity contribution in [2.75, 3.05) is 7.11 Å². The van der Waals surface area contributed by atoms with Crippen molar-refractivity contribution in [3.05, 3.63) is 41.5 Å². The van der Waals surface area contributed by atoms with Crippen molar-refractivity contribution in [1.82, 2.24) is 0 Å². The Hall–Kier alpha value is -2.21. The summed E-state index contributed by atoms with van der Waals surface area (Å²) >= 11 is 0. The molecule has 1 aliphatic carbocycles. The van der Waals surface area contributed by atoms with Crippen molar-refractivity contribution < 1.29 is 14.3 Å². The molecule has 0 spiro atoms. The summed E-state index contributed by atoms with van der Waals surface area (Å²) in [6.07, 6.45) is 3.93. The molecular formula is C21H26O3. The quantitative estimate of drug-likeness (QED) is 0.460. The van der Waals surface area contributed by atoms with Gasteiger partial charge >= 0.3 is 5.97 Å². The Kier molecular flexibility index (Phi) is 5.72. The Morgan fingerprint density at radius 1 is 1.29 bits per heavy atom. The largest absolute Gasteiger partial charge is 0.497 e. The first-order chi connectivity index (χ1) is 11.4. The van der Waals surface area contributed by atoms with Crippen molar-refractivity contribution >= 4 is 5.97 Å². The molecule has 0 aliphatic heterocycles. The molecule has 3 heteroatoms. The lowest BCUT2D eigenvalue weighted by molar-refractivity contribution is 0.0152. The Bertz CT molecular complexity index is 671. The summed E-state index contributed by atoms with van der Waals surface area (Å²) in [6.45, 7) is 8.33. The van der Waals surface area contributed by atoms with E-state index in [2.05, 4.69) is 38.7 Å². The van der Waals surface area contributed by atoms with Crippen LogP contribution >= 0.6 is 0 Å². The summed E-state index contributed by atoms with van der Waals surface area (Å²) in [5, 5.41) is 0. The fraction of sp³-hybridized carbons (Fsp3) is 0.476. The maximum atomic E-state index is 12.5. The highest BCUT2D eigenvalue weighted by atomic mass is 16.5. The molecular weight excluding hydrogens is 300 g/mol. The van der Waals surface area contributed by atoms with Gasteiger partial charge in [0, 0.05) is 5.92 Å². The zero-order valence-electron chi connectivity index (χ0n) is 15.2. The van der Waals surface area contributed by atoms with Crippen LogP contribution in [0.1, 0.15) is 50.9 Å². The molecule has 1 aromatic rings. The molecule has 24 heavy (non-hydrogen) atoms. The topological polar surface area (TPSA) is 35.5 Å². The van der Waals surface area contributed by atoms with Gasteiger partial charge in [-0.05, 0) is 56.4 Å². The van der Waals surface area contributed by atoms with Crippen molar-refractivity contribution in [2.45, 2.75) is 46.6 Å². The predicted octanol–water partition coefficient (Wildman–Crippen LogP) is 4.63. The SMILES string of the molecule is CC#CC(OC(=O)c1ccc(OC)cc1)C1C(C)=CCCC1(C)C. The Morgan fingerprint density at radius 2 is 1.96 bits per heavy atom. The van der Waals surface area contributed by atoms with Gasteiger partial charge in [0.25, 0.3) is 0 Å². The van der Waals surface area contributed by atoms with Gasteiger partial charge in [-0.2, -0.15) is 0 Å². The third-order valence-electron chi connectivity index (χ3n) is 4.74. The van der Waals surface area contributed by atoms with E-state index >= 15 is 0 Å². The smallest absolute Gasteiger partial charge is 0.339 e. The van der Waals surface area contributed by atoms with Crippen LogP contribution in [0.3, 0.4) is 0 Å². The van der Waals surface area contributed by atoms with Crippen molar-refractivity contribution in [1.29, 1.82) is 0 Å². The number of benzene rings is 1. The first-order valence-electron chi connectivity index (χ1n) is 8.33. The van der Waals surface area contributed by atoms with Crippen molar-refractivity contribution in [3.63, 3.8) is 0 Å². The Morgan fingerprint density at radius 3 is 2.50 bits per heavy atom. The third kappa shape index (κ3) is 4.00. The van der Waals surface area contributed by atoms with Crippen LogP contribution in [0.4, 0.5) is 0 Å². The lowest BCUT2D eigenvalue weighted by Gasteiger charge is -2.40. The molecule has 0 radical (unpaired) electrons. The molecule has 0 aromatic heterocycles. The van der Waals surface area contributed by atoms with Gasteiger partial charge in [0.15, 0.2) is 6.10 Å². The number of carbonyl (C=O) groups is 1. The summed E-state index contributed by atoms with van der Waals surface area (Å²) in [5.74, 6) is 6.50. The van der Waals surface area contributed by atoms with Crippen LogP contribution < -0.4 is 4.74 Å². The van der Waals surface area contributed by atoms with E-state index in [9.17, 15) is 4.79 Å². The third-order valence-corrected chi connectivity index (χ3v) is 4.74. The van der Waals surface area contributed by atoms with Crippen molar-refractivity contribution in [2.24, 2.45) is 11.3 Å². The van der Waals surface area contributed by atoms with Gasteiger partial charge in [0.2, 0.25) is 0 Å². The first kappa shape index (κ1) is 18.1. The fourth-order valence-corrected chi connectivity index (χ4v) is 3.45. The molecule has 2 unspecified atom stereocenters. The van der Waals surface area contributed by atoms with Gasteiger partial charge in [-0.25, -0.2) is 4.79 Å². The molecule has 128 valence electrons. The first-order valence-corrected chi connectivity index (χ1v) is 8.33. The van der Waals surface area contributed by atoms with Crippen LogP contribution in [0.15, 0.2) is 35.9 Å². The standard InChI is InChI=1S/C21H26O3/c1-6-8-18(19-15(2)9-7-14-21(19,3)4)24-20(22)16-10-12-17(23-5)13-11-16/h9-13,18-19H,7,14H2,1-5H3. The molecule has 0 amide bonds. The number of esters is 1. The molecule has 0 saturated carbocycles. The van der Waals surface area contributed by atoms with Gasteiger partial charge in [0.05, 0.1) is 12.7 Å². The Balaban J connectivity index is 2.23. The lowest BCUT2D eigenvalue weighted by Crippen LogP contribution is -2.39. The van der Waals surface area contributed by atoms with Crippen LogP contribution in [0.2, 0.25) is 0 Å². The number of hydrogen-bond donors (Lipinski definition) is 0. The molecule has 1 aliphatic rings. The van der Waals surface area contributed by atoms with E-state index in [4.69, 9.17) is 9.47 Å². The van der Waals surface area contributed by atoms with Gasteiger partial charge in [-0.1, -0.05) is 31.4 Å². The van der Waals surface area contributed by atoms with E-state index in [-0.39, 0.29) is 17.3 Å². The molecule has 2 atom stereocenters. The minimum absolute atomic E-state index is 0.0491. The average molecular weight is 326 g/mol. The number of hydrogen-bond acceptors (Lipinski definition) is 3. The van der Waals surface area contributed by atoms with Gasteiger partial charge in [-0.15, -0.1) is 5.92 Å². The molecule has 0 bridgehead atoms. The second-order valence-corrected chi connectivity index (χ2v) is 6.90. The lowest BCUT2D eigenvalue weighted by atomic mass is 9.66. The number of allylic oxidation sites excluding steroid dienone is 1. The Labute approximate surface area is 145 Å². The van der Waals surface area contributed by atoms with Gasteiger partial charge in [-0.3, -0.25) is 0 Å². The highest BCUT2D eigenvalue weighted by Crippen LogP contribution is 2.43. The number of methoxy groups -OCH3 is 1. The second-order valence-electron chi connectivity index (χ2n) is 6.90. The normalized spacial score (nSPS) is 20.2. The zero-order chi connectivity index (χ0) is 17.7. The van der Waals surface area contributed by atoms with Crippen molar-refractivity contribution in [3.8, 4) is 17.6 Å². The number of carbonyl (C=O) groups excluding carboxylic acids is 1. The highest BCUT2D eigenvalue weighted by molar-refractivity contribution is 5.89.